The van der Waals surface area contributed by atoms with Crippen molar-refractivity contribution in [1.82, 2.24) is 10.3 Å². The van der Waals surface area contributed by atoms with E-state index in [4.69, 9.17) is 0 Å². The zero-order valence-electron chi connectivity index (χ0n) is 11.1. The van der Waals surface area contributed by atoms with E-state index in [2.05, 4.69) is 64.3 Å². The molecule has 4 heteroatoms. The predicted octanol–water partition coefficient (Wildman–Crippen LogP) is 4.49. The Morgan fingerprint density at radius 2 is 2.00 bits per heavy atom. The van der Waals surface area contributed by atoms with Gasteiger partial charge in [-0.15, -0.1) is 0 Å². The van der Waals surface area contributed by atoms with Crippen LogP contribution < -0.4 is 5.32 Å². The van der Waals surface area contributed by atoms with Crippen molar-refractivity contribution in [3.8, 4) is 0 Å². The molecule has 0 aliphatic carbocycles. The normalized spacial score (nSPS) is 10.9. The van der Waals surface area contributed by atoms with Gasteiger partial charge in [-0.25, -0.2) is 4.98 Å². The molecule has 0 atom stereocenters. The van der Waals surface area contributed by atoms with Crippen LogP contribution in [0.3, 0.4) is 0 Å². The Labute approximate surface area is 127 Å². The van der Waals surface area contributed by atoms with Crippen LogP contribution in [0.15, 0.2) is 57.0 Å². The number of hydrogen-bond acceptors (Lipinski definition) is 3. The van der Waals surface area contributed by atoms with Gasteiger partial charge in [-0.2, -0.15) is 0 Å². The van der Waals surface area contributed by atoms with Crippen molar-refractivity contribution in [3.63, 3.8) is 0 Å². The first-order valence-corrected chi connectivity index (χ1v) is 7.87. The molecule has 0 fully saturated rings. The minimum Gasteiger partial charge on any atom is -0.310 e. The van der Waals surface area contributed by atoms with Gasteiger partial charge in [0.25, 0.3) is 0 Å². The maximum absolute atomic E-state index is 4.41. The number of rotatable bonds is 5. The van der Waals surface area contributed by atoms with E-state index >= 15 is 0 Å². The fraction of sp³-hybridized carbons (Fsp3) is 0.267. The highest BCUT2D eigenvalue weighted by Crippen LogP contribution is 2.29. The van der Waals surface area contributed by atoms with E-state index in [1.807, 2.05) is 18.3 Å². The van der Waals surface area contributed by atoms with Crippen molar-refractivity contribution < 1.29 is 0 Å². The fourth-order valence-corrected chi connectivity index (χ4v) is 2.72. The standard InChI is InChI=1S/C15H17BrN2S/c1-11(2)17-9-12-5-3-4-6-14(12)19-15-8-7-13(16)10-18-15/h3-8,10-11,17H,9H2,1-2H3. The second-order valence-electron chi connectivity index (χ2n) is 4.56. The molecule has 2 rings (SSSR count). The van der Waals surface area contributed by atoms with Crippen LogP contribution in [0.25, 0.3) is 0 Å². The lowest BCUT2D eigenvalue weighted by atomic mass is 10.2. The second-order valence-corrected chi connectivity index (χ2v) is 6.54. The number of aromatic nitrogens is 1. The zero-order chi connectivity index (χ0) is 13.7. The first kappa shape index (κ1) is 14.6. The minimum atomic E-state index is 0.490. The summed E-state index contributed by atoms with van der Waals surface area (Å²) >= 11 is 5.11. The van der Waals surface area contributed by atoms with Gasteiger partial charge in [0, 0.05) is 28.2 Å². The molecule has 2 aromatic rings. The van der Waals surface area contributed by atoms with E-state index in [1.165, 1.54) is 10.5 Å². The Kier molecular flexibility index (Phi) is 5.43. The summed E-state index contributed by atoms with van der Waals surface area (Å²) in [7, 11) is 0. The molecule has 1 N–H and O–H groups in total. The first-order chi connectivity index (χ1) is 9.15. The van der Waals surface area contributed by atoms with Crippen LogP contribution >= 0.6 is 27.7 Å². The van der Waals surface area contributed by atoms with Gasteiger partial charge < -0.3 is 5.32 Å². The monoisotopic (exact) mass is 336 g/mol. The van der Waals surface area contributed by atoms with Crippen molar-refractivity contribution in [2.45, 2.75) is 36.4 Å². The Balaban J connectivity index is 2.13. The summed E-state index contributed by atoms with van der Waals surface area (Å²) in [6.45, 7) is 5.20. The van der Waals surface area contributed by atoms with E-state index in [0.29, 0.717) is 6.04 Å². The van der Waals surface area contributed by atoms with Crippen molar-refractivity contribution in [2.24, 2.45) is 0 Å². The quantitative estimate of drug-likeness (QED) is 0.870. The highest BCUT2D eigenvalue weighted by molar-refractivity contribution is 9.10. The Bertz CT molecular complexity index is 526. The third-order valence-electron chi connectivity index (χ3n) is 2.59. The molecule has 0 saturated heterocycles. The zero-order valence-corrected chi connectivity index (χ0v) is 13.5. The second kappa shape index (κ2) is 7.08. The van der Waals surface area contributed by atoms with Gasteiger partial charge in [-0.1, -0.05) is 43.8 Å². The van der Waals surface area contributed by atoms with Crippen LogP contribution in [0.4, 0.5) is 0 Å². The molecule has 1 aromatic heterocycles. The highest BCUT2D eigenvalue weighted by atomic mass is 79.9. The summed E-state index contributed by atoms with van der Waals surface area (Å²) in [6, 6.07) is 13.0. The lowest BCUT2D eigenvalue weighted by Gasteiger charge is -2.12. The number of hydrogen-bond donors (Lipinski definition) is 1. The summed E-state index contributed by atoms with van der Waals surface area (Å²) in [5.41, 5.74) is 1.31. The van der Waals surface area contributed by atoms with E-state index in [1.54, 1.807) is 11.8 Å². The van der Waals surface area contributed by atoms with Gasteiger partial charge in [0.05, 0.1) is 0 Å². The number of benzene rings is 1. The summed E-state index contributed by atoms with van der Waals surface area (Å²) in [5.74, 6) is 0. The Morgan fingerprint density at radius 3 is 2.68 bits per heavy atom. The molecular formula is C15H17BrN2S. The molecule has 0 aliphatic heterocycles. The molecule has 0 spiro atoms. The van der Waals surface area contributed by atoms with Crippen LogP contribution in [0, 0.1) is 0 Å². The van der Waals surface area contributed by atoms with E-state index < -0.39 is 0 Å². The smallest absolute Gasteiger partial charge is 0.101 e. The lowest BCUT2D eigenvalue weighted by molar-refractivity contribution is 0.585. The lowest BCUT2D eigenvalue weighted by Crippen LogP contribution is -2.22. The molecule has 0 unspecified atom stereocenters. The van der Waals surface area contributed by atoms with Crippen LogP contribution in [0.1, 0.15) is 19.4 Å². The van der Waals surface area contributed by atoms with Gasteiger partial charge in [0.15, 0.2) is 0 Å². The first-order valence-electron chi connectivity index (χ1n) is 6.26. The minimum absolute atomic E-state index is 0.490. The van der Waals surface area contributed by atoms with Gasteiger partial charge >= 0.3 is 0 Å². The van der Waals surface area contributed by atoms with Crippen molar-refractivity contribution in [1.29, 1.82) is 0 Å². The average Bonchev–Trinajstić information content (AvgIpc) is 2.40. The molecule has 0 saturated carbocycles. The summed E-state index contributed by atoms with van der Waals surface area (Å²) in [5, 5.41) is 4.47. The van der Waals surface area contributed by atoms with Crippen LogP contribution in [0.5, 0.6) is 0 Å². The largest absolute Gasteiger partial charge is 0.310 e. The number of pyridine rings is 1. The number of halogens is 1. The van der Waals surface area contributed by atoms with E-state index in [0.717, 1.165) is 16.0 Å². The van der Waals surface area contributed by atoms with Crippen LogP contribution in [0.2, 0.25) is 0 Å². The molecule has 0 amide bonds. The topological polar surface area (TPSA) is 24.9 Å². The summed E-state index contributed by atoms with van der Waals surface area (Å²) in [4.78, 5) is 5.66. The van der Waals surface area contributed by atoms with Gasteiger partial charge in [-0.05, 0) is 39.7 Å². The van der Waals surface area contributed by atoms with E-state index in [9.17, 15) is 0 Å². The maximum atomic E-state index is 4.41. The average molecular weight is 337 g/mol. The molecule has 2 nitrogen and oxygen atoms in total. The maximum Gasteiger partial charge on any atom is 0.101 e. The van der Waals surface area contributed by atoms with Gasteiger partial charge in [0.1, 0.15) is 5.03 Å². The van der Waals surface area contributed by atoms with Gasteiger partial charge in [-0.3, -0.25) is 0 Å². The molecule has 0 aliphatic rings. The molecule has 1 heterocycles. The molecule has 19 heavy (non-hydrogen) atoms. The van der Waals surface area contributed by atoms with Crippen LogP contribution in [-0.2, 0) is 6.54 Å². The van der Waals surface area contributed by atoms with Crippen LogP contribution in [-0.4, -0.2) is 11.0 Å². The Hall–Kier alpha value is -0.840. The van der Waals surface area contributed by atoms with Crippen molar-refractivity contribution in [3.05, 3.63) is 52.6 Å². The number of nitrogens with zero attached hydrogens (tertiary/aromatic N) is 1. The third kappa shape index (κ3) is 4.64. The third-order valence-corrected chi connectivity index (χ3v) is 4.13. The molecule has 0 bridgehead atoms. The molecule has 100 valence electrons. The predicted molar refractivity (Wildman–Crippen MR) is 84.5 cm³/mol. The number of nitrogens with one attached hydrogen (secondary N) is 1. The SMILES string of the molecule is CC(C)NCc1ccccc1Sc1ccc(Br)cn1. The Morgan fingerprint density at radius 1 is 1.21 bits per heavy atom. The highest BCUT2D eigenvalue weighted by Gasteiger charge is 2.05. The van der Waals surface area contributed by atoms with Gasteiger partial charge in [0.2, 0.25) is 0 Å². The fourth-order valence-electron chi connectivity index (χ4n) is 1.60. The van der Waals surface area contributed by atoms with E-state index in [-0.39, 0.29) is 0 Å². The molecule has 1 aromatic carbocycles. The molecular weight excluding hydrogens is 320 g/mol. The molecule has 0 radical (unpaired) electrons. The van der Waals surface area contributed by atoms with Crippen molar-refractivity contribution in [2.75, 3.05) is 0 Å². The summed E-state index contributed by atoms with van der Waals surface area (Å²) < 4.78 is 1.01. The summed E-state index contributed by atoms with van der Waals surface area (Å²) in [6.07, 6.45) is 1.83. The van der Waals surface area contributed by atoms with Crippen molar-refractivity contribution >= 4 is 27.7 Å².